The predicted octanol–water partition coefficient (Wildman–Crippen LogP) is 7.00. The number of nitrogens with one attached hydrogen (secondary N) is 1. The van der Waals surface area contributed by atoms with Gasteiger partial charge in [0.05, 0.1) is 5.39 Å². The van der Waals surface area contributed by atoms with Gasteiger partial charge in [0.2, 0.25) is 6.41 Å². The number of hydrogen-bond donors (Lipinski definition) is 1. The summed E-state index contributed by atoms with van der Waals surface area (Å²) in [6, 6.07) is 14.3. The molecule has 1 atom stereocenters. The van der Waals surface area contributed by atoms with Gasteiger partial charge in [-0.2, -0.15) is 0 Å². The first-order valence-corrected chi connectivity index (χ1v) is 14.3. The first-order chi connectivity index (χ1) is 18.9. The third-order valence-corrected chi connectivity index (χ3v) is 7.69. The molecule has 206 valence electrons. The SMILES string of the molecule is CCCCCN(C=O)Cc1ccccc1C1CCC(=CC(C)NC(=O)c2cc(=O)c3cc(Cl)ccc3o2)CC1. The third-order valence-electron chi connectivity index (χ3n) is 7.45. The van der Waals surface area contributed by atoms with Gasteiger partial charge in [0.25, 0.3) is 5.91 Å². The average Bonchev–Trinajstić information content (AvgIpc) is 2.93. The Labute approximate surface area is 235 Å². The lowest BCUT2D eigenvalue weighted by Crippen LogP contribution is -2.32. The van der Waals surface area contributed by atoms with Crippen LogP contribution in [0, 0.1) is 0 Å². The molecule has 1 unspecified atom stereocenters. The van der Waals surface area contributed by atoms with Crippen LogP contribution in [0.25, 0.3) is 11.0 Å². The lowest BCUT2D eigenvalue weighted by atomic mass is 9.79. The van der Waals surface area contributed by atoms with Crippen molar-refractivity contribution >= 4 is 34.9 Å². The minimum atomic E-state index is -0.422. The number of carbonyl (C=O) groups is 2. The molecule has 2 aromatic carbocycles. The van der Waals surface area contributed by atoms with Gasteiger partial charge in [0.1, 0.15) is 5.58 Å². The second kappa shape index (κ2) is 13.6. The molecule has 1 saturated carbocycles. The average molecular weight is 549 g/mol. The van der Waals surface area contributed by atoms with E-state index in [0.717, 1.165) is 57.9 Å². The number of unbranched alkanes of at least 4 members (excludes halogenated alkanes) is 2. The summed E-state index contributed by atoms with van der Waals surface area (Å²) in [5.74, 6) is 0.0156. The number of benzene rings is 2. The van der Waals surface area contributed by atoms with Crippen molar-refractivity contribution in [1.29, 1.82) is 0 Å². The summed E-state index contributed by atoms with van der Waals surface area (Å²) in [6.07, 6.45) is 10.4. The summed E-state index contributed by atoms with van der Waals surface area (Å²) < 4.78 is 5.67. The quantitative estimate of drug-likeness (QED) is 0.159. The normalized spacial score (nSPS) is 16.1. The summed E-state index contributed by atoms with van der Waals surface area (Å²) >= 11 is 5.97. The van der Waals surface area contributed by atoms with Crippen LogP contribution in [0.1, 0.15) is 86.4 Å². The summed E-state index contributed by atoms with van der Waals surface area (Å²) in [5.41, 5.74) is 3.93. The van der Waals surface area contributed by atoms with Gasteiger partial charge in [-0.25, -0.2) is 0 Å². The van der Waals surface area contributed by atoms with Crippen LogP contribution in [0.4, 0.5) is 0 Å². The highest BCUT2D eigenvalue weighted by molar-refractivity contribution is 6.31. The molecule has 39 heavy (non-hydrogen) atoms. The second-order valence-electron chi connectivity index (χ2n) is 10.5. The molecule has 0 aliphatic heterocycles. The number of fused-ring (bicyclic) bond motifs is 1. The highest BCUT2D eigenvalue weighted by Gasteiger charge is 2.22. The van der Waals surface area contributed by atoms with E-state index in [1.165, 1.54) is 28.8 Å². The summed E-state index contributed by atoms with van der Waals surface area (Å²) in [7, 11) is 0. The van der Waals surface area contributed by atoms with E-state index in [2.05, 4.69) is 42.6 Å². The van der Waals surface area contributed by atoms with E-state index in [4.69, 9.17) is 16.0 Å². The molecular formula is C32H37ClN2O4. The smallest absolute Gasteiger partial charge is 0.287 e. The van der Waals surface area contributed by atoms with Gasteiger partial charge < -0.3 is 14.6 Å². The van der Waals surface area contributed by atoms with E-state index in [1.54, 1.807) is 12.1 Å². The molecule has 3 aromatic rings. The van der Waals surface area contributed by atoms with E-state index in [9.17, 15) is 14.4 Å². The Balaban J connectivity index is 1.35. The van der Waals surface area contributed by atoms with Crippen molar-refractivity contribution in [1.82, 2.24) is 10.2 Å². The standard InChI is InChI=1S/C32H37ClN2O4/c1-3-4-7-16-35(21-36)20-25-8-5-6-9-27(25)24-12-10-23(11-13-24)17-22(2)34-32(38)31-19-29(37)28-18-26(33)14-15-30(28)39-31/h5-6,8-9,14-15,17-19,21-22,24H,3-4,7,10-13,16,20H2,1-2H3,(H,34,38). The molecule has 4 rings (SSSR count). The molecule has 1 heterocycles. The molecule has 7 heteroatoms. The Morgan fingerprint density at radius 1 is 1.15 bits per heavy atom. The van der Waals surface area contributed by atoms with Crippen molar-refractivity contribution in [2.75, 3.05) is 6.54 Å². The Hall–Kier alpha value is -3.38. The van der Waals surface area contributed by atoms with Crippen LogP contribution in [-0.4, -0.2) is 29.8 Å². The minimum absolute atomic E-state index is 0.0144. The van der Waals surface area contributed by atoms with Crippen LogP contribution >= 0.6 is 11.6 Å². The maximum Gasteiger partial charge on any atom is 0.287 e. The third kappa shape index (κ3) is 7.60. The Kier molecular flexibility index (Phi) is 9.99. The van der Waals surface area contributed by atoms with Gasteiger partial charge in [-0.05, 0) is 74.3 Å². The van der Waals surface area contributed by atoms with Crippen LogP contribution in [0.5, 0.6) is 0 Å². The van der Waals surface area contributed by atoms with Crippen LogP contribution in [0.2, 0.25) is 5.02 Å². The number of hydrogen-bond acceptors (Lipinski definition) is 4. The van der Waals surface area contributed by atoms with Crippen molar-refractivity contribution in [2.24, 2.45) is 0 Å². The zero-order chi connectivity index (χ0) is 27.8. The molecule has 0 spiro atoms. The van der Waals surface area contributed by atoms with E-state index in [0.29, 0.717) is 28.5 Å². The topological polar surface area (TPSA) is 79.6 Å². The fourth-order valence-electron chi connectivity index (χ4n) is 5.41. The van der Waals surface area contributed by atoms with Gasteiger partial charge in [0.15, 0.2) is 11.2 Å². The molecule has 1 N–H and O–H groups in total. The Morgan fingerprint density at radius 2 is 1.92 bits per heavy atom. The zero-order valence-corrected chi connectivity index (χ0v) is 23.5. The maximum absolute atomic E-state index is 12.8. The molecule has 0 bridgehead atoms. The van der Waals surface area contributed by atoms with Crippen molar-refractivity contribution in [2.45, 2.75) is 77.3 Å². The largest absolute Gasteiger partial charge is 0.451 e. The van der Waals surface area contributed by atoms with Crippen molar-refractivity contribution in [3.63, 3.8) is 0 Å². The van der Waals surface area contributed by atoms with Gasteiger partial charge in [-0.1, -0.05) is 67.3 Å². The fraction of sp³-hybridized carbons (Fsp3) is 0.406. The van der Waals surface area contributed by atoms with Crippen LogP contribution in [0.3, 0.4) is 0 Å². The lowest BCUT2D eigenvalue weighted by Gasteiger charge is -2.28. The summed E-state index contributed by atoms with van der Waals surface area (Å²) in [5, 5.41) is 3.73. The summed E-state index contributed by atoms with van der Waals surface area (Å²) in [4.78, 5) is 38.8. The van der Waals surface area contributed by atoms with Crippen LogP contribution < -0.4 is 10.7 Å². The van der Waals surface area contributed by atoms with Crippen molar-refractivity contribution in [3.05, 3.63) is 92.3 Å². The van der Waals surface area contributed by atoms with Crippen LogP contribution in [-0.2, 0) is 11.3 Å². The van der Waals surface area contributed by atoms with Gasteiger partial charge in [-0.15, -0.1) is 0 Å². The highest BCUT2D eigenvalue weighted by atomic mass is 35.5. The maximum atomic E-state index is 12.8. The number of rotatable bonds is 11. The first-order valence-electron chi connectivity index (χ1n) is 13.9. The minimum Gasteiger partial charge on any atom is -0.451 e. The molecule has 0 radical (unpaired) electrons. The summed E-state index contributed by atoms with van der Waals surface area (Å²) in [6.45, 7) is 5.55. The number of amides is 2. The Bertz CT molecular complexity index is 1390. The fourth-order valence-corrected chi connectivity index (χ4v) is 5.58. The lowest BCUT2D eigenvalue weighted by molar-refractivity contribution is -0.118. The molecule has 6 nitrogen and oxygen atoms in total. The van der Waals surface area contributed by atoms with E-state index in [-0.39, 0.29) is 17.2 Å². The molecule has 1 aromatic heterocycles. The molecule has 1 fully saturated rings. The van der Waals surface area contributed by atoms with Gasteiger partial charge in [-0.3, -0.25) is 14.4 Å². The monoisotopic (exact) mass is 548 g/mol. The molecule has 1 aliphatic carbocycles. The first kappa shape index (κ1) is 28.6. The van der Waals surface area contributed by atoms with Gasteiger partial charge >= 0.3 is 0 Å². The van der Waals surface area contributed by atoms with E-state index in [1.807, 2.05) is 11.8 Å². The molecule has 1 aliphatic rings. The van der Waals surface area contributed by atoms with Crippen LogP contribution in [0.15, 0.2) is 69.4 Å². The van der Waals surface area contributed by atoms with Crippen molar-refractivity contribution < 1.29 is 14.0 Å². The highest BCUT2D eigenvalue weighted by Crippen LogP contribution is 2.37. The van der Waals surface area contributed by atoms with E-state index < -0.39 is 5.91 Å². The zero-order valence-electron chi connectivity index (χ0n) is 22.8. The van der Waals surface area contributed by atoms with Gasteiger partial charge in [0, 0.05) is 30.2 Å². The number of nitrogens with zero attached hydrogens (tertiary/aromatic N) is 1. The van der Waals surface area contributed by atoms with E-state index >= 15 is 0 Å². The number of carbonyl (C=O) groups excluding carboxylic acids is 2. The molecule has 0 saturated heterocycles. The second-order valence-corrected chi connectivity index (χ2v) is 10.9. The number of allylic oxidation sites excluding steroid dienone is 1. The predicted molar refractivity (Wildman–Crippen MR) is 156 cm³/mol. The van der Waals surface area contributed by atoms with Crippen molar-refractivity contribution in [3.8, 4) is 0 Å². The number of halogens is 1. The molecule has 2 amide bonds. The molecular weight excluding hydrogens is 512 g/mol. The Morgan fingerprint density at radius 3 is 2.67 bits per heavy atom.